The van der Waals surface area contributed by atoms with E-state index in [1.54, 1.807) is 24.3 Å². The zero-order valence-electron chi connectivity index (χ0n) is 16.5. The fourth-order valence-electron chi connectivity index (χ4n) is 3.49. The van der Waals surface area contributed by atoms with Gasteiger partial charge < -0.3 is 14.2 Å². The molecule has 0 fully saturated rings. The highest BCUT2D eigenvalue weighted by molar-refractivity contribution is 6.31. The van der Waals surface area contributed by atoms with Crippen LogP contribution in [0, 0.1) is 13.8 Å². The summed E-state index contributed by atoms with van der Waals surface area (Å²) in [5.41, 5.74) is 6.17. The van der Waals surface area contributed by atoms with Gasteiger partial charge in [-0.15, -0.1) is 0 Å². The van der Waals surface area contributed by atoms with E-state index in [1.807, 2.05) is 19.9 Å². The molecule has 2 aromatic heterocycles. The molecule has 2 N–H and O–H groups in total. The van der Waals surface area contributed by atoms with E-state index in [4.69, 9.17) is 20.4 Å². The third-order valence-corrected chi connectivity index (χ3v) is 5.25. The van der Waals surface area contributed by atoms with E-state index in [9.17, 15) is 9.59 Å². The summed E-state index contributed by atoms with van der Waals surface area (Å²) in [6.07, 6.45) is 3.60. The fourth-order valence-corrected chi connectivity index (χ4v) is 3.66. The highest BCUT2D eigenvalue weighted by Gasteiger charge is 2.28. The maximum absolute atomic E-state index is 12.9. The minimum Gasteiger partial charge on any atom is -0.459 e. The van der Waals surface area contributed by atoms with Crippen LogP contribution in [0.4, 0.5) is 5.69 Å². The Morgan fingerprint density at radius 2 is 1.97 bits per heavy atom. The molecule has 1 aromatic carbocycles. The van der Waals surface area contributed by atoms with Gasteiger partial charge >= 0.3 is 5.91 Å². The maximum atomic E-state index is 12.9. The molecule has 0 radical (unpaired) electrons. The van der Waals surface area contributed by atoms with Crippen molar-refractivity contribution >= 4 is 34.8 Å². The number of hydrazone groups is 1. The van der Waals surface area contributed by atoms with Gasteiger partial charge in [0.2, 0.25) is 0 Å². The van der Waals surface area contributed by atoms with Gasteiger partial charge in [0, 0.05) is 28.3 Å². The van der Waals surface area contributed by atoms with Crippen molar-refractivity contribution in [1.29, 1.82) is 0 Å². The number of anilines is 1. The van der Waals surface area contributed by atoms with E-state index in [1.165, 1.54) is 6.26 Å². The summed E-state index contributed by atoms with van der Waals surface area (Å²) >= 11 is 6.04. The average molecular weight is 426 g/mol. The average Bonchev–Trinajstić information content (AvgIpc) is 3.38. The van der Waals surface area contributed by atoms with Gasteiger partial charge in [0.1, 0.15) is 5.76 Å². The molecule has 0 spiro atoms. The summed E-state index contributed by atoms with van der Waals surface area (Å²) in [5, 5.41) is 7.67. The maximum Gasteiger partial charge on any atom is 0.307 e. The molecule has 7 nitrogen and oxygen atoms in total. The highest BCUT2D eigenvalue weighted by Crippen LogP contribution is 2.31. The molecule has 0 saturated heterocycles. The van der Waals surface area contributed by atoms with Crippen LogP contribution < -0.4 is 10.7 Å². The molecule has 1 aliphatic carbocycles. The first-order valence-electron chi connectivity index (χ1n) is 9.54. The molecule has 0 unspecified atom stereocenters. The normalized spacial score (nSPS) is 14.4. The number of hydrogen-bond donors (Lipinski definition) is 2. The largest absolute Gasteiger partial charge is 0.459 e. The molecule has 1 aliphatic rings. The molecule has 4 rings (SSSR count). The molecule has 154 valence electrons. The van der Waals surface area contributed by atoms with E-state index < -0.39 is 5.91 Å². The first-order valence-corrected chi connectivity index (χ1v) is 9.92. The first-order chi connectivity index (χ1) is 14.4. The highest BCUT2D eigenvalue weighted by atomic mass is 35.5. The number of hydrogen-bond acceptors (Lipinski definition) is 5. The lowest BCUT2D eigenvalue weighted by Crippen LogP contribution is -2.21. The van der Waals surface area contributed by atoms with E-state index in [0.717, 1.165) is 17.5 Å². The van der Waals surface area contributed by atoms with Crippen LogP contribution in [0.3, 0.4) is 0 Å². The van der Waals surface area contributed by atoms with Crippen LogP contribution in [0.1, 0.15) is 56.4 Å². The van der Waals surface area contributed by atoms with Gasteiger partial charge in [0.05, 0.1) is 12.0 Å². The molecular weight excluding hydrogens is 406 g/mol. The van der Waals surface area contributed by atoms with Gasteiger partial charge in [-0.2, -0.15) is 5.10 Å². The predicted octanol–water partition coefficient (Wildman–Crippen LogP) is 4.87. The number of furan rings is 2. The number of fused-ring (bicyclic) bond motifs is 1. The van der Waals surface area contributed by atoms with Crippen LogP contribution in [0.15, 0.2) is 50.5 Å². The number of carbonyl (C=O) groups is 2. The Bertz CT molecular complexity index is 1150. The second-order valence-corrected chi connectivity index (χ2v) is 7.53. The number of nitrogens with zero attached hydrogens (tertiary/aromatic N) is 1. The summed E-state index contributed by atoms with van der Waals surface area (Å²) in [5.74, 6) is 0.307. The first kappa shape index (κ1) is 20.0. The van der Waals surface area contributed by atoms with Crippen LogP contribution in [-0.2, 0) is 6.42 Å². The number of halogens is 1. The van der Waals surface area contributed by atoms with Crippen LogP contribution in [0.5, 0.6) is 0 Å². The molecule has 0 saturated carbocycles. The summed E-state index contributed by atoms with van der Waals surface area (Å²) in [7, 11) is 0. The number of aryl methyl sites for hydroxylation is 2. The Morgan fingerprint density at radius 3 is 2.73 bits per heavy atom. The minimum absolute atomic E-state index is 0.177. The Balaban J connectivity index is 1.59. The number of nitrogens with one attached hydrogen (secondary N) is 2. The minimum atomic E-state index is -0.435. The van der Waals surface area contributed by atoms with Gasteiger partial charge in [0.25, 0.3) is 5.91 Å². The van der Waals surface area contributed by atoms with E-state index in [2.05, 4.69) is 15.8 Å². The third kappa shape index (κ3) is 3.89. The van der Waals surface area contributed by atoms with Crippen molar-refractivity contribution < 1.29 is 18.4 Å². The van der Waals surface area contributed by atoms with Crippen LogP contribution >= 0.6 is 11.6 Å². The molecule has 0 bridgehead atoms. The van der Waals surface area contributed by atoms with Gasteiger partial charge in [-0.05, 0) is 56.5 Å². The standard InChI is InChI=1S/C22H20ClN3O4/c1-12-8-9-14(23)11-16(12)24-22(28)20-13(2)19-15(5-3-6-17(19)30-20)25-26-21(27)18-7-4-10-29-18/h4,7-11H,3,5-6H2,1-2H3,(H,24,28)(H,26,27)/b25-15+. The number of amides is 2. The molecule has 8 heteroatoms. The van der Waals surface area contributed by atoms with Crippen LogP contribution in [0.2, 0.25) is 5.02 Å². The second kappa shape index (κ2) is 8.20. The van der Waals surface area contributed by atoms with Gasteiger partial charge in [-0.25, -0.2) is 5.43 Å². The summed E-state index contributed by atoms with van der Waals surface area (Å²) in [4.78, 5) is 25.0. The third-order valence-electron chi connectivity index (χ3n) is 5.02. The van der Waals surface area contributed by atoms with Crippen molar-refractivity contribution in [2.45, 2.75) is 33.1 Å². The lowest BCUT2D eigenvalue weighted by Gasteiger charge is -2.13. The fraction of sp³-hybridized carbons (Fsp3) is 0.227. The lowest BCUT2D eigenvalue weighted by molar-refractivity contribution is 0.0926. The summed E-state index contributed by atoms with van der Waals surface area (Å²) in [6.45, 7) is 3.70. The SMILES string of the molecule is Cc1ccc(Cl)cc1NC(=O)c1oc2c(c1C)/C(=N/NC(=O)c1ccco1)CCC2. The lowest BCUT2D eigenvalue weighted by atomic mass is 9.93. The monoisotopic (exact) mass is 425 g/mol. The van der Waals surface area contributed by atoms with E-state index in [0.29, 0.717) is 40.6 Å². The topological polar surface area (TPSA) is 96.8 Å². The second-order valence-electron chi connectivity index (χ2n) is 7.10. The van der Waals surface area contributed by atoms with Gasteiger partial charge in [-0.1, -0.05) is 17.7 Å². The van der Waals surface area contributed by atoms with Crippen LogP contribution in [-0.4, -0.2) is 17.5 Å². The molecule has 0 aliphatic heterocycles. The van der Waals surface area contributed by atoms with Crippen molar-refractivity contribution in [3.63, 3.8) is 0 Å². The molecule has 0 atom stereocenters. The van der Waals surface area contributed by atoms with Crippen molar-refractivity contribution in [3.05, 3.63) is 75.6 Å². The Labute approximate surface area is 178 Å². The van der Waals surface area contributed by atoms with Crippen molar-refractivity contribution in [3.8, 4) is 0 Å². The molecule has 2 heterocycles. The number of carbonyl (C=O) groups excluding carboxylic acids is 2. The zero-order valence-corrected chi connectivity index (χ0v) is 17.3. The molecule has 3 aromatic rings. The zero-order chi connectivity index (χ0) is 21.3. The quantitative estimate of drug-likeness (QED) is 0.583. The number of rotatable bonds is 4. The van der Waals surface area contributed by atoms with Gasteiger partial charge in [-0.3, -0.25) is 9.59 Å². The smallest absolute Gasteiger partial charge is 0.307 e. The van der Waals surface area contributed by atoms with E-state index in [-0.39, 0.29) is 17.4 Å². The van der Waals surface area contributed by atoms with Crippen molar-refractivity contribution in [1.82, 2.24) is 5.43 Å². The summed E-state index contributed by atoms with van der Waals surface area (Å²) < 4.78 is 11.0. The Morgan fingerprint density at radius 1 is 1.13 bits per heavy atom. The predicted molar refractivity (Wildman–Crippen MR) is 113 cm³/mol. The van der Waals surface area contributed by atoms with E-state index >= 15 is 0 Å². The van der Waals surface area contributed by atoms with Gasteiger partial charge in [0.15, 0.2) is 11.5 Å². The molecule has 30 heavy (non-hydrogen) atoms. The number of benzene rings is 1. The van der Waals surface area contributed by atoms with Crippen LogP contribution in [0.25, 0.3) is 0 Å². The summed E-state index contributed by atoms with van der Waals surface area (Å²) in [6, 6.07) is 8.50. The molecule has 2 amide bonds. The Kier molecular flexibility index (Phi) is 5.46. The molecular formula is C22H20ClN3O4. The van der Waals surface area contributed by atoms with Crippen molar-refractivity contribution in [2.24, 2.45) is 5.10 Å². The Hall–Kier alpha value is -3.32. The van der Waals surface area contributed by atoms with Crippen molar-refractivity contribution in [2.75, 3.05) is 5.32 Å².